The normalized spacial score (nSPS) is 12.1. The van der Waals surface area contributed by atoms with Crippen molar-refractivity contribution in [3.05, 3.63) is 24.2 Å². The summed E-state index contributed by atoms with van der Waals surface area (Å²) in [5, 5.41) is 8.60. The van der Waals surface area contributed by atoms with Crippen LogP contribution in [0, 0.1) is 0 Å². The van der Waals surface area contributed by atoms with Gasteiger partial charge in [0.15, 0.2) is 0 Å². The molecule has 3 N–H and O–H groups in total. The summed E-state index contributed by atoms with van der Waals surface area (Å²) in [7, 11) is 1.70. The Bertz CT molecular complexity index is 408. The van der Waals surface area contributed by atoms with Crippen LogP contribution in [0.25, 0.3) is 0 Å². The Kier molecular flexibility index (Phi) is 6.44. The molecule has 0 aliphatic rings. The highest BCUT2D eigenvalue weighted by molar-refractivity contribution is 7.99. The van der Waals surface area contributed by atoms with Gasteiger partial charge in [-0.15, -0.1) is 0 Å². The van der Waals surface area contributed by atoms with Crippen molar-refractivity contribution in [2.24, 2.45) is 5.73 Å². The molecule has 0 saturated heterocycles. The lowest BCUT2D eigenvalue weighted by Crippen LogP contribution is -2.31. The Morgan fingerprint density at radius 1 is 1.58 bits per heavy atom. The van der Waals surface area contributed by atoms with Crippen LogP contribution in [0.3, 0.4) is 0 Å². The highest BCUT2D eigenvalue weighted by atomic mass is 32.2. The van der Waals surface area contributed by atoms with Gasteiger partial charge in [0, 0.05) is 7.05 Å². The Morgan fingerprint density at radius 3 is 2.89 bits per heavy atom. The van der Waals surface area contributed by atoms with Crippen molar-refractivity contribution in [3.8, 4) is 0 Å². The maximum atomic E-state index is 11.8. The van der Waals surface area contributed by atoms with Gasteiger partial charge in [-0.1, -0.05) is 0 Å². The molecule has 1 unspecified atom stereocenters. The first-order valence-corrected chi connectivity index (χ1v) is 6.98. The van der Waals surface area contributed by atoms with Gasteiger partial charge in [-0.3, -0.25) is 9.59 Å². The van der Waals surface area contributed by atoms with E-state index in [1.807, 2.05) is 6.07 Å². The van der Waals surface area contributed by atoms with Gasteiger partial charge in [-0.2, -0.15) is 11.8 Å². The van der Waals surface area contributed by atoms with E-state index in [0.29, 0.717) is 24.5 Å². The van der Waals surface area contributed by atoms with Crippen LogP contribution in [-0.4, -0.2) is 46.5 Å². The van der Waals surface area contributed by atoms with Crippen molar-refractivity contribution in [2.45, 2.75) is 19.0 Å². The molecule has 1 rings (SSSR count). The van der Waals surface area contributed by atoms with Crippen molar-refractivity contribution in [3.63, 3.8) is 0 Å². The lowest BCUT2D eigenvalue weighted by molar-refractivity contribution is -0.138. The van der Waals surface area contributed by atoms with Gasteiger partial charge in [-0.25, -0.2) is 0 Å². The molecule has 1 aromatic rings. The number of carboxylic acid groups (broad SMARTS) is 1. The zero-order valence-corrected chi connectivity index (χ0v) is 11.6. The monoisotopic (exact) mass is 286 g/mol. The number of carbonyl (C=O) groups excluding carboxylic acids is 1. The lowest BCUT2D eigenvalue weighted by Gasteiger charge is -2.15. The van der Waals surface area contributed by atoms with Crippen LogP contribution in [0.15, 0.2) is 22.8 Å². The minimum atomic E-state index is -1.01. The second kappa shape index (κ2) is 7.85. The smallest absolute Gasteiger partial charge is 0.320 e. The van der Waals surface area contributed by atoms with E-state index in [4.69, 9.17) is 15.3 Å². The number of carbonyl (C=O) groups is 2. The maximum absolute atomic E-state index is 11.8. The molecule has 0 aliphatic heterocycles. The van der Waals surface area contributed by atoms with E-state index in [-0.39, 0.29) is 5.91 Å². The second-order valence-corrected chi connectivity index (χ2v) is 5.22. The van der Waals surface area contributed by atoms with Gasteiger partial charge in [0.25, 0.3) is 0 Å². The number of nitrogens with zero attached hydrogens (tertiary/aromatic N) is 1. The molecule has 7 heteroatoms. The first-order chi connectivity index (χ1) is 9.00. The number of furan rings is 1. The third kappa shape index (κ3) is 5.80. The van der Waals surface area contributed by atoms with E-state index in [2.05, 4.69) is 0 Å². The second-order valence-electron chi connectivity index (χ2n) is 4.12. The number of thioether (sulfide) groups is 1. The number of aliphatic carboxylic acids is 1. The van der Waals surface area contributed by atoms with E-state index in [1.165, 1.54) is 11.8 Å². The van der Waals surface area contributed by atoms with Gasteiger partial charge in [-0.05, 0) is 24.3 Å². The molecule has 0 fully saturated rings. The highest BCUT2D eigenvalue weighted by Crippen LogP contribution is 2.08. The molecular formula is C12H18N2O4S. The predicted octanol–water partition coefficient (Wildman–Crippen LogP) is 0.773. The van der Waals surface area contributed by atoms with Crippen LogP contribution >= 0.6 is 11.8 Å². The van der Waals surface area contributed by atoms with Crippen LogP contribution in [0.4, 0.5) is 0 Å². The Hall–Kier alpha value is -1.47. The summed E-state index contributed by atoms with van der Waals surface area (Å²) in [4.78, 5) is 23.8. The number of nitrogens with two attached hydrogens (primary N) is 1. The standard InChI is InChI=1S/C12H18N2O4S/c1-14(7-9-3-2-5-18-9)11(15)8-19-6-4-10(13)12(16)17/h2-3,5,10H,4,6-8,13H2,1H3,(H,16,17). The van der Waals surface area contributed by atoms with E-state index in [9.17, 15) is 9.59 Å². The molecule has 1 heterocycles. The summed E-state index contributed by atoms with van der Waals surface area (Å²) in [6.45, 7) is 0.432. The van der Waals surface area contributed by atoms with E-state index < -0.39 is 12.0 Å². The minimum Gasteiger partial charge on any atom is -0.480 e. The summed E-state index contributed by atoms with van der Waals surface area (Å²) >= 11 is 1.38. The quantitative estimate of drug-likeness (QED) is 0.685. The molecule has 6 nitrogen and oxygen atoms in total. The van der Waals surface area contributed by atoms with Gasteiger partial charge in [0.1, 0.15) is 11.8 Å². The molecule has 106 valence electrons. The molecule has 1 amide bonds. The van der Waals surface area contributed by atoms with E-state index in [0.717, 1.165) is 5.76 Å². The van der Waals surface area contributed by atoms with Gasteiger partial charge >= 0.3 is 5.97 Å². The topological polar surface area (TPSA) is 96.8 Å². The SMILES string of the molecule is CN(Cc1ccco1)C(=O)CSCCC(N)C(=O)O. The summed E-state index contributed by atoms with van der Waals surface area (Å²) < 4.78 is 5.16. The van der Waals surface area contributed by atoms with Crippen molar-refractivity contribution in [2.75, 3.05) is 18.6 Å². The van der Waals surface area contributed by atoms with E-state index >= 15 is 0 Å². The first kappa shape index (κ1) is 15.6. The van der Waals surface area contributed by atoms with Gasteiger partial charge in [0.05, 0.1) is 18.6 Å². The number of carboxylic acids is 1. The lowest BCUT2D eigenvalue weighted by atomic mass is 10.2. The Morgan fingerprint density at radius 2 is 2.32 bits per heavy atom. The average Bonchev–Trinajstić information content (AvgIpc) is 2.86. The maximum Gasteiger partial charge on any atom is 0.320 e. The van der Waals surface area contributed by atoms with Gasteiger partial charge < -0.3 is 20.2 Å². The zero-order valence-electron chi connectivity index (χ0n) is 10.7. The third-order valence-corrected chi connectivity index (χ3v) is 3.49. The molecule has 1 atom stereocenters. The van der Waals surface area contributed by atoms with Crippen LogP contribution in [0.5, 0.6) is 0 Å². The summed E-state index contributed by atoms with van der Waals surface area (Å²) in [5.74, 6) is 0.554. The van der Waals surface area contributed by atoms with Crippen molar-refractivity contribution < 1.29 is 19.1 Å². The number of amides is 1. The van der Waals surface area contributed by atoms with Gasteiger partial charge in [0.2, 0.25) is 5.91 Å². The molecular weight excluding hydrogens is 268 g/mol. The molecule has 19 heavy (non-hydrogen) atoms. The van der Waals surface area contributed by atoms with Crippen LogP contribution in [-0.2, 0) is 16.1 Å². The predicted molar refractivity (Wildman–Crippen MR) is 72.7 cm³/mol. The fraction of sp³-hybridized carbons (Fsp3) is 0.500. The molecule has 1 aromatic heterocycles. The largest absolute Gasteiger partial charge is 0.480 e. The van der Waals surface area contributed by atoms with Crippen molar-refractivity contribution >= 4 is 23.6 Å². The Balaban J connectivity index is 2.18. The minimum absolute atomic E-state index is 0.0229. The highest BCUT2D eigenvalue weighted by Gasteiger charge is 2.13. The third-order valence-electron chi connectivity index (χ3n) is 2.51. The molecule has 0 saturated carbocycles. The first-order valence-electron chi connectivity index (χ1n) is 5.83. The summed E-state index contributed by atoms with van der Waals surface area (Å²) in [6, 6.07) is 2.72. The zero-order chi connectivity index (χ0) is 14.3. The molecule has 0 aliphatic carbocycles. The summed E-state index contributed by atoms with van der Waals surface area (Å²) in [6.07, 6.45) is 1.92. The van der Waals surface area contributed by atoms with Crippen LogP contribution < -0.4 is 5.73 Å². The van der Waals surface area contributed by atoms with Crippen molar-refractivity contribution in [1.82, 2.24) is 4.90 Å². The fourth-order valence-electron chi connectivity index (χ4n) is 1.33. The van der Waals surface area contributed by atoms with E-state index in [1.54, 1.807) is 24.3 Å². The fourth-order valence-corrected chi connectivity index (χ4v) is 2.29. The number of hydrogen-bond donors (Lipinski definition) is 2. The Labute approximate surface area is 115 Å². The molecule has 0 bridgehead atoms. The van der Waals surface area contributed by atoms with Crippen molar-refractivity contribution in [1.29, 1.82) is 0 Å². The molecule has 0 aromatic carbocycles. The summed E-state index contributed by atoms with van der Waals surface area (Å²) in [5.41, 5.74) is 5.36. The number of hydrogen-bond acceptors (Lipinski definition) is 5. The number of rotatable bonds is 8. The van der Waals surface area contributed by atoms with Crippen LogP contribution in [0.1, 0.15) is 12.2 Å². The average molecular weight is 286 g/mol. The molecule has 0 radical (unpaired) electrons. The molecule has 0 spiro atoms. The van der Waals surface area contributed by atoms with Crippen LogP contribution in [0.2, 0.25) is 0 Å².